The van der Waals surface area contributed by atoms with Gasteiger partial charge in [0.15, 0.2) is 0 Å². The van der Waals surface area contributed by atoms with Crippen LogP contribution < -0.4 is 5.32 Å². The van der Waals surface area contributed by atoms with Crippen LogP contribution in [0.25, 0.3) is 0 Å². The Labute approximate surface area is 128 Å². The molecule has 3 heteroatoms. The highest BCUT2D eigenvalue weighted by molar-refractivity contribution is 5.35. The smallest absolute Gasteiger partial charge is 0.125 e. The molecule has 0 fully saturated rings. The molecule has 0 saturated carbocycles. The molecule has 2 rings (SSSR count). The first-order valence-electron chi connectivity index (χ1n) is 7.65. The second-order valence-electron chi connectivity index (χ2n) is 5.57. The lowest BCUT2D eigenvalue weighted by atomic mass is 10.1. The van der Waals surface area contributed by atoms with E-state index in [1.807, 2.05) is 6.20 Å². The quantitative estimate of drug-likeness (QED) is 0.834. The van der Waals surface area contributed by atoms with Gasteiger partial charge in [0.25, 0.3) is 0 Å². The fraction of sp³-hybridized carbons (Fsp3) is 0.389. The maximum atomic E-state index is 4.45. The van der Waals surface area contributed by atoms with Crippen molar-refractivity contribution in [3.8, 4) is 0 Å². The number of benzene rings is 1. The van der Waals surface area contributed by atoms with Gasteiger partial charge in [-0.05, 0) is 38.0 Å². The summed E-state index contributed by atoms with van der Waals surface area (Å²) in [6.45, 7) is 9.35. The van der Waals surface area contributed by atoms with E-state index in [2.05, 4.69) is 78.4 Å². The minimum absolute atomic E-state index is 0.499. The van der Waals surface area contributed by atoms with Crippen LogP contribution in [-0.4, -0.2) is 22.5 Å². The molecular formula is C18H25N3. The number of pyridine rings is 1. The zero-order valence-electron chi connectivity index (χ0n) is 13.2. The average molecular weight is 283 g/mol. The summed E-state index contributed by atoms with van der Waals surface area (Å²) in [5.41, 5.74) is 2.60. The first kappa shape index (κ1) is 15.5. The third-order valence-corrected chi connectivity index (χ3v) is 3.53. The normalized spacial score (nSPS) is 11.1. The number of aromatic nitrogens is 1. The Bertz CT molecular complexity index is 520. The third kappa shape index (κ3) is 4.87. The van der Waals surface area contributed by atoms with E-state index in [1.165, 1.54) is 11.1 Å². The molecule has 2 aromatic rings. The van der Waals surface area contributed by atoms with Gasteiger partial charge < -0.3 is 5.32 Å². The molecule has 0 radical (unpaired) electrons. The standard InChI is InChI=1S/C18H25N3/c1-4-19-18-11-10-17(12-20-18)14-21(15(2)3)13-16-8-6-5-7-9-16/h5-12,15H,4,13-14H2,1-3H3,(H,19,20). The van der Waals surface area contributed by atoms with Crippen molar-refractivity contribution >= 4 is 5.82 Å². The third-order valence-electron chi connectivity index (χ3n) is 3.53. The molecule has 21 heavy (non-hydrogen) atoms. The van der Waals surface area contributed by atoms with Gasteiger partial charge in [-0.2, -0.15) is 0 Å². The fourth-order valence-electron chi connectivity index (χ4n) is 2.28. The van der Waals surface area contributed by atoms with E-state index in [-0.39, 0.29) is 0 Å². The first-order valence-corrected chi connectivity index (χ1v) is 7.65. The summed E-state index contributed by atoms with van der Waals surface area (Å²) in [5.74, 6) is 0.945. The van der Waals surface area contributed by atoms with Crippen LogP contribution in [0, 0.1) is 0 Å². The second-order valence-corrected chi connectivity index (χ2v) is 5.57. The minimum atomic E-state index is 0.499. The molecule has 112 valence electrons. The molecule has 1 heterocycles. The Morgan fingerprint density at radius 2 is 1.71 bits per heavy atom. The van der Waals surface area contributed by atoms with Crippen molar-refractivity contribution in [1.82, 2.24) is 9.88 Å². The second kappa shape index (κ2) is 7.79. The summed E-state index contributed by atoms with van der Waals surface area (Å²) in [6, 6.07) is 15.3. The van der Waals surface area contributed by atoms with E-state index in [4.69, 9.17) is 0 Å². The van der Waals surface area contributed by atoms with Gasteiger partial charge in [0.05, 0.1) is 0 Å². The van der Waals surface area contributed by atoms with Crippen LogP contribution in [-0.2, 0) is 13.1 Å². The molecule has 0 bridgehead atoms. The maximum absolute atomic E-state index is 4.45. The SMILES string of the molecule is CCNc1ccc(CN(Cc2ccccc2)C(C)C)cn1. The van der Waals surface area contributed by atoms with E-state index in [9.17, 15) is 0 Å². The number of nitrogens with zero attached hydrogens (tertiary/aromatic N) is 2. The largest absolute Gasteiger partial charge is 0.370 e. The van der Waals surface area contributed by atoms with Crippen molar-refractivity contribution in [3.63, 3.8) is 0 Å². The summed E-state index contributed by atoms with van der Waals surface area (Å²) < 4.78 is 0. The van der Waals surface area contributed by atoms with Crippen molar-refractivity contribution in [1.29, 1.82) is 0 Å². The molecule has 0 amide bonds. The number of nitrogens with one attached hydrogen (secondary N) is 1. The summed E-state index contributed by atoms with van der Waals surface area (Å²) >= 11 is 0. The van der Waals surface area contributed by atoms with Crippen LogP contribution in [0.3, 0.4) is 0 Å². The van der Waals surface area contributed by atoms with Gasteiger partial charge in [0.2, 0.25) is 0 Å². The highest BCUT2D eigenvalue weighted by Crippen LogP contribution is 2.14. The molecule has 1 aromatic heterocycles. The summed E-state index contributed by atoms with van der Waals surface area (Å²) in [5, 5.41) is 3.23. The van der Waals surface area contributed by atoms with Crippen LogP contribution in [0.15, 0.2) is 48.7 Å². The molecule has 1 N–H and O–H groups in total. The summed E-state index contributed by atoms with van der Waals surface area (Å²) in [6.07, 6.45) is 1.97. The van der Waals surface area contributed by atoms with E-state index < -0.39 is 0 Å². The van der Waals surface area contributed by atoms with E-state index in [0.717, 1.165) is 25.5 Å². The van der Waals surface area contributed by atoms with Crippen LogP contribution in [0.5, 0.6) is 0 Å². The number of hydrogen-bond donors (Lipinski definition) is 1. The molecule has 0 unspecified atom stereocenters. The van der Waals surface area contributed by atoms with Crippen molar-refractivity contribution in [2.75, 3.05) is 11.9 Å². The highest BCUT2D eigenvalue weighted by Gasteiger charge is 2.11. The van der Waals surface area contributed by atoms with Gasteiger partial charge in [-0.1, -0.05) is 36.4 Å². The molecule has 0 aliphatic heterocycles. The van der Waals surface area contributed by atoms with E-state index in [0.29, 0.717) is 6.04 Å². The zero-order chi connectivity index (χ0) is 15.1. The lowest BCUT2D eigenvalue weighted by molar-refractivity contribution is 0.203. The van der Waals surface area contributed by atoms with Crippen molar-refractivity contribution < 1.29 is 0 Å². The van der Waals surface area contributed by atoms with Gasteiger partial charge in [0, 0.05) is 31.9 Å². The topological polar surface area (TPSA) is 28.2 Å². The summed E-state index contributed by atoms with van der Waals surface area (Å²) in [7, 11) is 0. The minimum Gasteiger partial charge on any atom is -0.370 e. The molecule has 0 aliphatic rings. The Morgan fingerprint density at radius 1 is 1.00 bits per heavy atom. The van der Waals surface area contributed by atoms with Gasteiger partial charge in [-0.25, -0.2) is 4.98 Å². The summed E-state index contributed by atoms with van der Waals surface area (Å²) in [4.78, 5) is 6.91. The predicted molar refractivity (Wildman–Crippen MR) is 89.2 cm³/mol. The highest BCUT2D eigenvalue weighted by atomic mass is 15.1. The fourth-order valence-corrected chi connectivity index (χ4v) is 2.28. The van der Waals surface area contributed by atoms with Crippen molar-refractivity contribution in [3.05, 3.63) is 59.8 Å². The lowest BCUT2D eigenvalue weighted by Gasteiger charge is -2.26. The van der Waals surface area contributed by atoms with Crippen LogP contribution in [0.2, 0.25) is 0 Å². The van der Waals surface area contributed by atoms with Crippen LogP contribution in [0.1, 0.15) is 31.9 Å². The van der Waals surface area contributed by atoms with Crippen LogP contribution in [0.4, 0.5) is 5.82 Å². The van der Waals surface area contributed by atoms with E-state index in [1.54, 1.807) is 0 Å². The molecular weight excluding hydrogens is 258 g/mol. The molecule has 0 saturated heterocycles. The predicted octanol–water partition coefficient (Wildman–Crippen LogP) is 3.92. The number of anilines is 1. The first-order chi connectivity index (χ1) is 10.2. The molecule has 1 aromatic carbocycles. The Morgan fingerprint density at radius 3 is 2.29 bits per heavy atom. The average Bonchev–Trinajstić information content (AvgIpc) is 2.50. The maximum Gasteiger partial charge on any atom is 0.125 e. The van der Waals surface area contributed by atoms with Crippen LogP contribution >= 0.6 is 0 Å². The molecule has 3 nitrogen and oxygen atoms in total. The zero-order valence-corrected chi connectivity index (χ0v) is 13.2. The Hall–Kier alpha value is -1.87. The van der Waals surface area contributed by atoms with Gasteiger partial charge in [-0.15, -0.1) is 0 Å². The number of hydrogen-bond acceptors (Lipinski definition) is 3. The van der Waals surface area contributed by atoms with Gasteiger partial charge in [-0.3, -0.25) is 4.90 Å². The number of rotatable bonds is 7. The molecule has 0 aliphatic carbocycles. The lowest BCUT2D eigenvalue weighted by Crippen LogP contribution is -2.29. The Kier molecular flexibility index (Phi) is 5.76. The van der Waals surface area contributed by atoms with Gasteiger partial charge in [0.1, 0.15) is 5.82 Å². The van der Waals surface area contributed by atoms with Gasteiger partial charge >= 0.3 is 0 Å². The van der Waals surface area contributed by atoms with Crippen molar-refractivity contribution in [2.45, 2.75) is 39.9 Å². The molecule has 0 atom stereocenters. The molecule has 0 spiro atoms. The van der Waals surface area contributed by atoms with Crippen molar-refractivity contribution in [2.24, 2.45) is 0 Å². The monoisotopic (exact) mass is 283 g/mol. The Balaban J connectivity index is 2.02. The van der Waals surface area contributed by atoms with E-state index >= 15 is 0 Å².